The van der Waals surface area contributed by atoms with E-state index in [1.54, 1.807) is 7.11 Å². The van der Waals surface area contributed by atoms with Gasteiger partial charge in [0, 0.05) is 18.7 Å². The van der Waals surface area contributed by atoms with Crippen LogP contribution in [0, 0.1) is 0 Å². The molecule has 136 valence electrons. The summed E-state index contributed by atoms with van der Waals surface area (Å²) in [4.78, 5) is 19.6. The molecule has 0 aliphatic rings. The van der Waals surface area contributed by atoms with Crippen LogP contribution in [0.2, 0.25) is 0 Å². The topological polar surface area (TPSA) is 141 Å². The summed E-state index contributed by atoms with van der Waals surface area (Å²) >= 11 is 1.33. The fourth-order valence-corrected chi connectivity index (χ4v) is 2.66. The summed E-state index contributed by atoms with van der Waals surface area (Å²) in [5.41, 5.74) is 6.52. The molecule has 10 heteroatoms. The third-order valence-electron chi connectivity index (χ3n) is 2.74. The van der Waals surface area contributed by atoms with Crippen molar-refractivity contribution >= 4 is 23.7 Å². The van der Waals surface area contributed by atoms with Gasteiger partial charge in [-0.25, -0.2) is 0 Å². The van der Waals surface area contributed by atoms with Crippen molar-refractivity contribution in [2.45, 2.75) is 25.0 Å². The molecule has 0 fully saturated rings. The molecule has 0 amide bonds. The molecule has 25 heavy (non-hydrogen) atoms. The van der Waals surface area contributed by atoms with Crippen molar-refractivity contribution in [2.75, 3.05) is 12.9 Å². The van der Waals surface area contributed by atoms with Gasteiger partial charge in [-0.15, -0.1) is 10.2 Å². The number of carboxylic acids is 2. The Balaban J connectivity index is 0.000000705. The molecule has 0 saturated carbocycles. The Morgan fingerprint density at radius 3 is 2.56 bits per heavy atom. The van der Waals surface area contributed by atoms with Crippen LogP contribution in [-0.4, -0.2) is 49.8 Å². The molecule has 0 aliphatic heterocycles. The first-order chi connectivity index (χ1) is 11.9. The molecule has 2 aromatic rings. The molecule has 0 radical (unpaired) electrons. The van der Waals surface area contributed by atoms with Gasteiger partial charge in [-0.2, -0.15) is 0 Å². The Bertz CT molecular complexity index is 716. The molecular weight excluding hydrogens is 348 g/mol. The fourth-order valence-electron chi connectivity index (χ4n) is 1.76. The number of carboxylic acid groups (broad SMARTS) is 2. The van der Waals surface area contributed by atoms with Crippen LogP contribution in [0.5, 0.6) is 5.75 Å². The minimum atomic E-state index is -0.839. The van der Waals surface area contributed by atoms with E-state index in [2.05, 4.69) is 10.2 Å². The van der Waals surface area contributed by atoms with E-state index in [4.69, 9.17) is 25.5 Å². The maximum Gasteiger partial charge on any atom is 0.304 e. The summed E-state index contributed by atoms with van der Waals surface area (Å²) in [7, 11) is 1.59. The van der Waals surface area contributed by atoms with Gasteiger partial charge in [0.25, 0.3) is 5.97 Å². The van der Waals surface area contributed by atoms with Crippen LogP contribution in [-0.2, 0) is 16.1 Å². The van der Waals surface area contributed by atoms with E-state index in [-0.39, 0.29) is 13.0 Å². The Kier molecular flexibility index (Phi) is 8.44. The number of hydrogen-bond acceptors (Lipinski definition) is 7. The number of hydrogen-bond donors (Lipinski definition) is 3. The SMILES string of the molecule is CC(=O)O.COc1cccc(-n2c(CN)nnc2SCCC(=O)O)c1. The zero-order valence-electron chi connectivity index (χ0n) is 13.9. The van der Waals surface area contributed by atoms with Gasteiger partial charge < -0.3 is 20.7 Å². The molecule has 0 bridgehead atoms. The molecule has 0 unspecified atom stereocenters. The average Bonchev–Trinajstić information content (AvgIpc) is 2.97. The van der Waals surface area contributed by atoms with E-state index >= 15 is 0 Å². The van der Waals surface area contributed by atoms with Crippen molar-refractivity contribution in [2.24, 2.45) is 5.73 Å². The summed E-state index contributed by atoms with van der Waals surface area (Å²) in [6.07, 6.45) is 0.0631. The van der Waals surface area contributed by atoms with E-state index in [1.165, 1.54) is 11.8 Å². The van der Waals surface area contributed by atoms with Crippen molar-refractivity contribution < 1.29 is 24.5 Å². The molecule has 1 heterocycles. The molecule has 1 aromatic carbocycles. The third kappa shape index (κ3) is 6.81. The lowest BCUT2D eigenvalue weighted by atomic mass is 10.3. The standard InChI is InChI=1S/C13H16N4O3S.C2H4O2/c1-20-10-4-2-3-9(7-10)17-11(8-14)15-16-13(17)21-6-5-12(18)19;1-2(3)4/h2-4,7H,5-6,8,14H2,1H3,(H,18,19);1H3,(H,3,4). The van der Waals surface area contributed by atoms with E-state index in [0.29, 0.717) is 22.5 Å². The molecule has 2 rings (SSSR count). The Labute approximate surface area is 148 Å². The van der Waals surface area contributed by atoms with E-state index in [9.17, 15) is 4.79 Å². The van der Waals surface area contributed by atoms with Gasteiger partial charge in [-0.05, 0) is 12.1 Å². The number of benzene rings is 1. The van der Waals surface area contributed by atoms with E-state index in [1.807, 2.05) is 28.8 Å². The number of methoxy groups -OCH3 is 1. The molecule has 1 aromatic heterocycles. The van der Waals surface area contributed by atoms with Gasteiger partial charge in [0.05, 0.1) is 25.8 Å². The maximum absolute atomic E-state index is 10.6. The Hall–Kier alpha value is -2.59. The van der Waals surface area contributed by atoms with Gasteiger partial charge in [0.1, 0.15) is 5.75 Å². The zero-order valence-corrected chi connectivity index (χ0v) is 14.7. The number of aliphatic carboxylic acids is 2. The van der Waals surface area contributed by atoms with Crippen molar-refractivity contribution in [3.8, 4) is 11.4 Å². The van der Waals surface area contributed by atoms with Crippen LogP contribution < -0.4 is 10.5 Å². The number of carbonyl (C=O) groups is 2. The second kappa shape index (κ2) is 10.3. The minimum Gasteiger partial charge on any atom is -0.497 e. The second-order valence-electron chi connectivity index (χ2n) is 4.65. The quantitative estimate of drug-likeness (QED) is 0.618. The number of aromatic nitrogens is 3. The third-order valence-corrected chi connectivity index (χ3v) is 3.67. The summed E-state index contributed by atoms with van der Waals surface area (Å²) in [5.74, 6) is 0.0721. The average molecular weight is 368 g/mol. The molecule has 0 saturated heterocycles. The van der Waals surface area contributed by atoms with Gasteiger partial charge in [0.2, 0.25) is 0 Å². The summed E-state index contributed by atoms with van der Waals surface area (Å²) in [5, 5.41) is 24.9. The number of thioether (sulfide) groups is 1. The lowest BCUT2D eigenvalue weighted by Gasteiger charge is -2.10. The Morgan fingerprint density at radius 1 is 1.32 bits per heavy atom. The lowest BCUT2D eigenvalue weighted by molar-refractivity contribution is -0.136. The smallest absolute Gasteiger partial charge is 0.304 e. The predicted octanol–water partition coefficient (Wildman–Crippen LogP) is 1.39. The highest BCUT2D eigenvalue weighted by Crippen LogP contribution is 2.24. The van der Waals surface area contributed by atoms with Crippen molar-refractivity contribution in [1.82, 2.24) is 14.8 Å². The van der Waals surface area contributed by atoms with Crippen LogP contribution in [0.1, 0.15) is 19.2 Å². The van der Waals surface area contributed by atoms with E-state index < -0.39 is 11.9 Å². The van der Waals surface area contributed by atoms with Crippen LogP contribution in [0.15, 0.2) is 29.4 Å². The minimum absolute atomic E-state index is 0.0631. The first-order valence-corrected chi connectivity index (χ1v) is 8.20. The molecule has 9 nitrogen and oxygen atoms in total. The van der Waals surface area contributed by atoms with Crippen molar-refractivity contribution in [1.29, 1.82) is 0 Å². The number of nitrogens with two attached hydrogens (primary N) is 1. The van der Waals surface area contributed by atoms with E-state index in [0.717, 1.165) is 12.6 Å². The summed E-state index contributed by atoms with van der Waals surface area (Å²) in [6.45, 7) is 1.32. The summed E-state index contributed by atoms with van der Waals surface area (Å²) < 4.78 is 7.02. The number of ether oxygens (including phenoxy) is 1. The highest BCUT2D eigenvalue weighted by Gasteiger charge is 2.14. The molecular formula is C15H20N4O5S. The van der Waals surface area contributed by atoms with Crippen molar-refractivity contribution in [3.05, 3.63) is 30.1 Å². The van der Waals surface area contributed by atoms with Crippen molar-refractivity contribution in [3.63, 3.8) is 0 Å². The van der Waals surface area contributed by atoms with Gasteiger partial charge >= 0.3 is 5.97 Å². The van der Waals surface area contributed by atoms with Crippen LogP contribution >= 0.6 is 11.8 Å². The summed E-state index contributed by atoms with van der Waals surface area (Å²) in [6, 6.07) is 7.45. The lowest BCUT2D eigenvalue weighted by Crippen LogP contribution is -2.08. The normalized spacial score (nSPS) is 9.88. The molecule has 0 atom stereocenters. The first-order valence-electron chi connectivity index (χ1n) is 7.22. The van der Waals surface area contributed by atoms with Crippen LogP contribution in [0.25, 0.3) is 5.69 Å². The van der Waals surface area contributed by atoms with Gasteiger partial charge in [-0.3, -0.25) is 14.2 Å². The molecule has 0 aliphatic carbocycles. The largest absolute Gasteiger partial charge is 0.497 e. The van der Waals surface area contributed by atoms with Crippen LogP contribution in [0.4, 0.5) is 0 Å². The first kappa shape index (κ1) is 20.5. The van der Waals surface area contributed by atoms with Crippen LogP contribution in [0.3, 0.4) is 0 Å². The van der Waals surface area contributed by atoms with Gasteiger partial charge in [-0.1, -0.05) is 17.8 Å². The highest BCUT2D eigenvalue weighted by atomic mass is 32.2. The predicted molar refractivity (Wildman–Crippen MR) is 92.1 cm³/mol. The maximum atomic E-state index is 10.6. The molecule has 4 N–H and O–H groups in total. The number of nitrogens with zero attached hydrogens (tertiary/aromatic N) is 3. The molecule has 0 spiro atoms. The second-order valence-corrected chi connectivity index (χ2v) is 5.71. The fraction of sp³-hybridized carbons (Fsp3) is 0.333. The Morgan fingerprint density at radius 2 is 2.00 bits per heavy atom. The number of rotatable bonds is 7. The zero-order chi connectivity index (χ0) is 18.8. The monoisotopic (exact) mass is 368 g/mol. The van der Waals surface area contributed by atoms with Gasteiger partial charge in [0.15, 0.2) is 11.0 Å². The highest BCUT2D eigenvalue weighted by molar-refractivity contribution is 7.99.